The second-order valence-electron chi connectivity index (χ2n) is 31.9. The fourth-order valence-corrected chi connectivity index (χ4v) is 15.9. The summed E-state index contributed by atoms with van der Waals surface area (Å²) in [6.07, 6.45) is 55.4. The number of halogens is 5. The summed E-state index contributed by atoms with van der Waals surface area (Å²) in [6, 6.07) is 32.3. The molecule has 0 aromatic heterocycles. The molecule has 123 heavy (non-hydrogen) atoms. The number of hydrogen-bond acceptors (Lipinski definition) is 9. The summed E-state index contributed by atoms with van der Waals surface area (Å²) in [5, 5.41) is 13.6. The Kier molecular flexibility index (Phi) is 93.8. The van der Waals surface area contributed by atoms with Gasteiger partial charge in [0.25, 0.3) is 0 Å². The Hall–Kier alpha value is -2.90. The Morgan fingerprint density at radius 1 is 0.504 bits per heavy atom. The van der Waals surface area contributed by atoms with Crippen molar-refractivity contribution < 1.29 is 74.2 Å². The van der Waals surface area contributed by atoms with Gasteiger partial charge in [0.05, 0.1) is 13.2 Å². The first kappa shape index (κ1) is 129. The second-order valence-corrected chi connectivity index (χ2v) is 51.2. The minimum absolute atomic E-state index is 0. The number of ether oxygens (including phenoxy) is 6. The van der Waals surface area contributed by atoms with E-state index < -0.39 is 6.89 Å². The predicted molar refractivity (Wildman–Crippen MR) is 556 cm³/mol. The number of unbranched alkanes of at least 4 members (excludes halogenated alkanes) is 1. The van der Waals surface area contributed by atoms with Crippen LogP contribution in [-0.4, -0.2) is 94.2 Å². The molecule has 2 unspecified atom stereocenters. The topological polar surface area (TPSA) is 119 Å². The van der Waals surface area contributed by atoms with Gasteiger partial charge >= 0.3 is 18.9 Å². The smallest absolute Gasteiger partial charge is 1.00 e. The van der Waals surface area contributed by atoms with Crippen molar-refractivity contribution in [3.8, 4) is 0 Å². The van der Waals surface area contributed by atoms with Gasteiger partial charge in [-0.3, -0.25) is 4.79 Å². The van der Waals surface area contributed by atoms with Crippen LogP contribution < -0.4 is 57.5 Å². The third-order valence-electron chi connectivity index (χ3n) is 19.2. The van der Waals surface area contributed by atoms with E-state index >= 15 is 0 Å². The number of hydrogen-bond donors (Lipinski definition) is 2. The molecule has 0 bridgehead atoms. The van der Waals surface area contributed by atoms with Crippen molar-refractivity contribution in [2.24, 2.45) is 5.73 Å². The van der Waals surface area contributed by atoms with Crippen LogP contribution >= 0.6 is 73.3 Å². The molecule has 3 aliphatic heterocycles. The average Bonchev–Trinajstić information content (AvgIpc) is 1.23. The van der Waals surface area contributed by atoms with Crippen LogP contribution in [0.4, 0.5) is 0 Å². The summed E-state index contributed by atoms with van der Waals surface area (Å²) in [6.45, 7) is 56.7. The number of rotatable bonds is 44. The van der Waals surface area contributed by atoms with E-state index in [0.29, 0.717) is 32.1 Å². The third-order valence-corrected chi connectivity index (χ3v) is 23.6. The quantitative estimate of drug-likeness (QED) is 0.0142. The number of nitrogens with two attached hydrogens (primary N) is 1. The van der Waals surface area contributed by atoms with Gasteiger partial charge in [0.2, 0.25) is 0 Å². The van der Waals surface area contributed by atoms with Crippen LogP contribution in [0.1, 0.15) is 296 Å². The monoisotopic (exact) mass is 2050 g/mol. The van der Waals surface area contributed by atoms with Crippen molar-refractivity contribution in [2.45, 2.75) is 309 Å². The van der Waals surface area contributed by atoms with Crippen molar-refractivity contribution in [3.63, 3.8) is 0 Å². The number of ketones is 1. The van der Waals surface area contributed by atoms with Crippen LogP contribution in [0.25, 0.3) is 0 Å². The van der Waals surface area contributed by atoms with Crippen LogP contribution in [0.3, 0.4) is 0 Å². The summed E-state index contributed by atoms with van der Waals surface area (Å²) in [5.74, 6) is 2.50. The maximum absolute atomic E-state index is 11.6. The second kappa shape index (κ2) is 89.7. The fraction of sp³-hybridized carbons (Fsp3) is 0.538. The van der Waals surface area contributed by atoms with E-state index in [-0.39, 0.29) is 59.9 Å². The molecule has 9 nitrogen and oxygen atoms in total. The number of aliphatic hydroxyl groups is 1. The van der Waals surface area contributed by atoms with Gasteiger partial charge in [-0.25, -0.2) is 0 Å². The van der Waals surface area contributed by atoms with Crippen molar-refractivity contribution >= 4 is 101 Å². The van der Waals surface area contributed by atoms with Gasteiger partial charge in [0.15, 0.2) is 18.4 Å². The predicted octanol–water partition coefficient (Wildman–Crippen LogP) is 26.3. The number of carbonyl (C=O) groups is 1. The molecule has 3 N–H and O–H groups in total. The summed E-state index contributed by atoms with van der Waals surface area (Å²) in [7, 11) is 0. The first-order valence-electron chi connectivity index (χ1n) is 44.2. The van der Waals surface area contributed by atoms with Crippen LogP contribution in [0.2, 0.25) is 0 Å². The summed E-state index contributed by atoms with van der Waals surface area (Å²) in [4.78, 5) is 11.6. The van der Waals surface area contributed by atoms with Crippen molar-refractivity contribution in [1.82, 2.24) is 0 Å². The average molecular weight is 2050 g/mol. The Balaban J connectivity index is -0.000000446. The molecule has 0 amide bonds. The first-order chi connectivity index (χ1) is 57.6. The largest absolute Gasteiger partial charge is 1.00 e. The van der Waals surface area contributed by atoms with Crippen LogP contribution in [0.5, 0.6) is 0 Å². The molecule has 0 saturated carbocycles. The van der Waals surface area contributed by atoms with E-state index in [1.165, 1.54) is 134 Å². The molecule has 3 saturated heterocycles. The van der Waals surface area contributed by atoms with Gasteiger partial charge in [0, 0.05) is 57.3 Å². The van der Waals surface area contributed by atoms with Gasteiger partial charge in [0.1, 0.15) is 4.03 Å². The number of aliphatic hydroxyl groups excluding tert-OH is 1. The molecule has 0 spiro atoms. The Morgan fingerprint density at radius 3 is 1.20 bits per heavy atom. The van der Waals surface area contributed by atoms with Gasteiger partial charge in [-0.05, 0) is 357 Å². The summed E-state index contributed by atoms with van der Waals surface area (Å²) < 4.78 is 32.7. The minimum Gasteiger partial charge on any atom is -1.00 e. The zero-order valence-electron chi connectivity index (χ0n) is 78.4. The molecule has 2 atom stereocenters. The molecule has 3 heterocycles. The number of allylic oxidation sites excluding steroid dienone is 20. The molecular formula is C106H168Br5LiNO8P2-. The number of carbonyl (C=O) groups excluding carboxylic acids is 1. The first-order valence-corrected chi connectivity index (χ1v) is 54.6. The van der Waals surface area contributed by atoms with Crippen LogP contribution in [0, 0.1) is 6.92 Å². The molecule has 7 rings (SSSR count). The molecule has 3 fully saturated rings. The maximum Gasteiger partial charge on any atom is 1.00 e. The SMILES string of the molecule is BrP(Br)Br.C.C1CCOC1.C=C(C)CC/C=C(\C)CCCBr.C=C(C)CC/C=C(\C)CCCO.C=C(C)CC/C=C(\C)CCCOC1CCCCO1.C=C(C)CC/C=C(\C)CN.C=C(C)CC/C=C(\C)COC=P(c1ccccc1)(c1ccccc1)c1ccccc1.C=C(C)CC/C=C/CC/C=C/CCC1=C(C)CCC1=O.[Br-].[CH2-]COC1CCCCO1.[Li+]. The summed E-state index contributed by atoms with van der Waals surface area (Å²) >= 11 is 12.9. The van der Waals surface area contributed by atoms with E-state index in [9.17, 15) is 4.79 Å². The number of Topliss-reactive ketones (excluding diaryl/α,β-unsaturated/α-hetero) is 1. The van der Waals surface area contributed by atoms with Crippen LogP contribution in [-0.2, 0) is 33.2 Å². The Morgan fingerprint density at radius 2 is 0.862 bits per heavy atom. The van der Waals surface area contributed by atoms with E-state index in [1.807, 2.05) is 6.92 Å². The van der Waals surface area contributed by atoms with E-state index in [0.717, 1.165) is 198 Å². The zero-order valence-corrected chi connectivity index (χ0v) is 88.1. The Bertz CT molecular complexity index is 3340. The van der Waals surface area contributed by atoms with E-state index in [2.05, 4.69) is 337 Å². The van der Waals surface area contributed by atoms with Gasteiger partial charge in [-0.1, -0.05) is 243 Å². The molecule has 17 heteroatoms. The molecule has 0 radical (unpaired) electrons. The van der Waals surface area contributed by atoms with Gasteiger partial charge < -0.3 is 63.2 Å². The molecular weight excluding hydrogens is 1880 g/mol. The number of benzene rings is 3. The van der Waals surface area contributed by atoms with Crippen LogP contribution in [0.15, 0.2) is 258 Å². The molecule has 1 aliphatic carbocycles. The summed E-state index contributed by atoms with van der Waals surface area (Å²) in [5.41, 5.74) is 22.1. The number of alkyl halides is 1. The minimum atomic E-state index is -2.04. The van der Waals surface area contributed by atoms with Crippen molar-refractivity contribution in [2.75, 3.05) is 64.7 Å². The molecule has 3 aromatic rings. The van der Waals surface area contributed by atoms with E-state index in [1.54, 1.807) is 0 Å². The van der Waals surface area contributed by atoms with Crippen molar-refractivity contribution in [1.29, 1.82) is 0 Å². The standard InChI is InChI=1S/C28H31OP.C19H28O.C16H28O2.C11H19Br.C11H20O.C9H17N.C7H13O2.C4H8O.CH4.Br3P.BrH.Li/c1-24(2)14-13-15-25(3)22-29-23-30(26-16-7-4-8-17-26,27-18-9-5-10-19-27)28-20-11-6-12-21-28;1-16(2)12-10-8-6-4-5-7-9-11-13-18-17(3)14-15-19(18)20;1-14(2)8-6-9-15(3)10-7-13-18-16-11-4-5-12-17-16;2*1-10(2)6-4-7-11(3)8-5-9-12;1-8(2)5-4-6-9(3)7-10;1-2-8-7-5-3-4-6-9-7;1-2-4-5-3-1;;1-4(2)3;;/h4-12,15-21,23H,1,13-14,22H2,2-3H3;6-9H,1,4-5,10-15H2,2-3H3;9,16H,1,4-8,10-13H2,2-3H3;7H,1,4-6,8-9H2,2-3H3;7,12H,1,4-6,8-9H2,2-3H3;6H,1,4-5,7,10H2,2-3H3;7H,1-6H2;1-4H2;1H4;;1H;/q;;;;;;-1;;;;;+1/p-1/b25-15+;8-6+,9-7+;15-9+;2*11-7+;9-6+;;;;;;. The maximum atomic E-state index is 11.6. The van der Waals surface area contributed by atoms with Crippen molar-refractivity contribution in [3.05, 3.63) is 265 Å². The molecule has 3 aromatic carbocycles. The molecule has 692 valence electrons. The Labute approximate surface area is 811 Å². The normalized spacial score (nSPS) is 15.2. The zero-order chi connectivity index (χ0) is 89.7. The fourth-order valence-electron chi connectivity index (χ4n) is 12.2. The molecule has 4 aliphatic rings. The van der Waals surface area contributed by atoms with Gasteiger partial charge in [-0.15, -0.1) is 39.5 Å². The van der Waals surface area contributed by atoms with Gasteiger partial charge in [-0.2, -0.15) is 0 Å². The third kappa shape index (κ3) is 79.8. The van der Waals surface area contributed by atoms with E-state index in [4.69, 9.17) is 39.3 Å².